The molecule has 0 radical (unpaired) electrons. The van der Waals surface area contributed by atoms with Gasteiger partial charge in [0.25, 0.3) is 11.8 Å². The quantitative estimate of drug-likeness (QED) is 0.196. The van der Waals surface area contributed by atoms with Gasteiger partial charge in [-0.1, -0.05) is 56.3 Å². The van der Waals surface area contributed by atoms with Crippen molar-refractivity contribution in [2.45, 2.75) is 26.5 Å². The molecular weight excluding hydrogens is 576 g/mol. The van der Waals surface area contributed by atoms with Gasteiger partial charge in [-0.3, -0.25) is 9.59 Å². The van der Waals surface area contributed by atoms with Crippen LogP contribution in [0, 0.1) is 15.3 Å². The van der Waals surface area contributed by atoms with Crippen LogP contribution in [0.25, 0.3) is 0 Å². The van der Waals surface area contributed by atoms with E-state index < -0.39 is 23.7 Å². The fourth-order valence-corrected chi connectivity index (χ4v) is 4.10. The Balaban J connectivity index is 1.66. The number of benzene rings is 3. The molecule has 0 spiro atoms. The first-order chi connectivity index (χ1) is 17.3. The van der Waals surface area contributed by atoms with Crippen LogP contribution in [0.1, 0.15) is 35.3 Å². The van der Waals surface area contributed by atoms with Crippen molar-refractivity contribution < 1.29 is 23.5 Å². The third-order valence-electron chi connectivity index (χ3n) is 5.22. The van der Waals surface area contributed by atoms with Gasteiger partial charge in [0, 0.05) is 0 Å². The first kappa shape index (κ1) is 27.1. The van der Waals surface area contributed by atoms with E-state index in [2.05, 4.69) is 38.4 Å². The molecular formula is C27H27FIN3O4. The number of carbonyl (C=O) groups excluding carboxylic acids is 2. The van der Waals surface area contributed by atoms with Crippen molar-refractivity contribution in [1.82, 2.24) is 10.7 Å². The van der Waals surface area contributed by atoms with Gasteiger partial charge in [0.15, 0.2) is 11.5 Å². The van der Waals surface area contributed by atoms with Gasteiger partial charge in [-0.2, -0.15) is 5.10 Å². The number of nitrogens with one attached hydrogen (secondary N) is 2. The number of rotatable bonds is 10. The monoisotopic (exact) mass is 603 g/mol. The molecule has 1 unspecified atom stereocenters. The molecule has 0 bridgehead atoms. The van der Waals surface area contributed by atoms with E-state index in [0.717, 1.165) is 9.13 Å². The van der Waals surface area contributed by atoms with E-state index >= 15 is 0 Å². The van der Waals surface area contributed by atoms with Crippen LogP contribution >= 0.6 is 22.6 Å². The second kappa shape index (κ2) is 13.0. The molecule has 0 saturated heterocycles. The molecule has 3 aromatic carbocycles. The SMILES string of the molecule is COc1cc(/C=N/NC(=O)C(NC(=O)c2ccccc2F)C(C)C)cc(I)c1OCc1ccccc1. The van der Waals surface area contributed by atoms with Gasteiger partial charge in [-0.15, -0.1) is 0 Å². The Morgan fingerprint density at radius 1 is 1.08 bits per heavy atom. The lowest BCUT2D eigenvalue weighted by atomic mass is 10.0. The van der Waals surface area contributed by atoms with Gasteiger partial charge >= 0.3 is 0 Å². The highest BCUT2D eigenvalue weighted by Gasteiger charge is 2.25. The molecule has 0 aliphatic carbocycles. The van der Waals surface area contributed by atoms with Crippen molar-refractivity contribution in [3.63, 3.8) is 0 Å². The molecule has 0 saturated carbocycles. The van der Waals surface area contributed by atoms with Crippen molar-refractivity contribution >= 4 is 40.6 Å². The number of methoxy groups -OCH3 is 1. The molecule has 0 aromatic heterocycles. The maximum absolute atomic E-state index is 13.9. The molecule has 36 heavy (non-hydrogen) atoms. The summed E-state index contributed by atoms with van der Waals surface area (Å²) in [6.07, 6.45) is 1.47. The number of hydrazone groups is 1. The van der Waals surface area contributed by atoms with Crippen LogP contribution in [0.5, 0.6) is 11.5 Å². The number of halogens is 2. The molecule has 2 N–H and O–H groups in total. The summed E-state index contributed by atoms with van der Waals surface area (Å²) in [6.45, 7) is 3.94. The number of amides is 2. The molecule has 0 aliphatic rings. The number of hydrogen-bond acceptors (Lipinski definition) is 5. The largest absolute Gasteiger partial charge is 0.493 e. The Morgan fingerprint density at radius 2 is 1.78 bits per heavy atom. The standard InChI is InChI=1S/C27H27FIN3O4/c1-17(2)24(31-26(33)20-11-7-8-12-21(20)28)27(34)32-30-15-19-13-22(29)25(23(14-19)35-3)36-16-18-9-5-4-6-10-18/h4-15,17,24H,16H2,1-3H3,(H,31,33)(H,32,34)/b30-15+. The Kier molecular flexibility index (Phi) is 9.80. The third-order valence-corrected chi connectivity index (χ3v) is 6.02. The van der Waals surface area contributed by atoms with E-state index in [0.29, 0.717) is 23.7 Å². The van der Waals surface area contributed by atoms with E-state index in [1.807, 2.05) is 36.4 Å². The van der Waals surface area contributed by atoms with Crippen molar-refractivity contribution in [2.75, 3.05) is 7.11 Å². The molecule has 0 fully saturated rings. The highest BCUT2D eigenvalue weighted by molar-refractivity contribution is 14.1. The van der Waals surface area contributed by atoms with Crippen LogP contribution in [0.15, 0.2) is 71.8 Å². The highest BCUT2D eigenvalue weighted by atomic mass is 127. The fourth-order valence-electron chi connectivity index (χ4n) is 3.32. The van der Waals surface area contributed by atoms with Crippen LogP contribution in [-0.2, 0) is 11.4 Å². The van der Waals surface area contributed by atoms with Gasteiger partial charge in [0.2, 0.25) is 0 Å². The summed E-state index contributed by atoms with van der Waals surface area (Å²) in [5, 5.41) is 6.61. The Labute approximate surface area is 223 Å². The normalized spacial score (nSPS) is 11.8. The van der Waals surface area contributed by atoms with Crippen LogP contribution < -0.4 is 20.2 Å². The molecule has 2 amide bonds. The Bertz CT molecular complexity index is 1230. The maximum atomic E-state index is 13.9. The number of nitrogens with zero attached hydrogens (tertiary/aromatic N) is 1. The zero-order valence-corrected chi connectivity index (χ0v) is 22.3. The minimum atomic E-state index is -0.905. The lowest BCUT2D eigenvalue weighted by Gasteiger charge is -2.20. The second-order valence-corrected chi connectivity index (χ2v) is 9.38. The summed E-state index contributed by atoms with van der Waals surface area (Å²) < 4.78 is 26.2. The van der Waals surface area contributed by atoms with Crippen LogP contribution in [0.3, 0.4) is 0 Å². The van der Waals surface area contributed by atoms with E-state index in [1.54, 1.807) is 33.1 Å². The third kappa shape index (κ3) is 7.27. The molecule has 1 atom stereocenters. The number of ether oxygens (including phenoxy) is 2. The van der Waals surface area contributed by atoms with Gasteiger partial charge in [0.05, 0.1) is 22.5 Å². The zero-order chi connectivity index (χ0) is 26.1. The average molecular weight is 603 g/mol. The predicted molar refractivity (Wildman–Crippen MR) is 145 cm³/mol. The van der Waals surface area contributed by atoms with Crippen molar-refractivity contribution in [2.24, 2.45) is 11.0 Å². The summed E-state index contributed by atoms with van der Waals surface area (Å²) >= 11 is 2.15. The average Bonchev–Trinajstić information content (AvgIpc) is 2.86. The molecule has 9 heteroatoms. The van der Waals surface area contributed by atoms with Crippen molar-refractivity contribution in [3.8, 4) is 11.5 Å². The molecule has 0 heterocycles. The maximum Gasteiger partial charge on any atom is 0.262 e. The topological polar surface area (TPSA) is 89.0 Å². The van der Waals surface area contributed by atoms with E-state index in [-0.39, 0.29) is 11.5 Å². The smallest absolute Gasteiger partial charge is 0.262 e. The molecule has 7 nitrogen and oxygen atoms in total. The number of hydrogen-bond donors (Lipinski definition) is 2. The summed E-state index contributed by atoms with van der Waals surface area (Å²) in [7, 11) is 1.55. The minimum absolute atomic E-state index is 0.129. The van der Waals surface area contributed by atoms with E-state index in [4.69, 9.17) is 9.47 Å². The first-order valence-corrected chi connectivity index (χ1v) is 12.3. The first-order valence-electron chi connectivity index (χ1n) is 11.2. The highest BCUT2D eigenvalue weighted by Crippen LogP contribution is 2.34. The summed E-state index contributed by atoms with van der Waals surface area (Å²) in [5.41, 5.74) is 4.03. The van der Waals surface area contributed by atoms with E-state index in [1.165, 1.54) is 24.4 Å². The Hall–Kier alpha value is -3.47. The van der Waals surface area contributed by atoms with Gasteiger partial charge < -0.3 is 14.8 Å². The van der Waals surface area contributed by atoms with Crippen LogP contribution in [0.4, 0.5) is 4.39 Å². The lowest BCUT2D eigenvalue weighted by molar-refractivity contribution is -0.123. The Morgan fingerprint density at radius 3 is 2.44 bits per heavy atom. The predicted octanol–water partition coefficient (Wildman–Crippen LogP) is 4.92. The minimum Gasteiger partial charge on any atom is -0.493 e. The lowest BCUT2D eigenvalue weighted by Crippen LogP contribution is -2.48. The van der Waals surface area contributed by atoms with Crippen molar-refractivity contribution in [1.29, 1.82) is 0 Å². The van der Waals surface area contributed by atoms with Gasteiger partial charge in [0.1, 0.15) is 18.5 Å². The van der Waals surface area contributed by atoms with Gasteiger partial charge in [-0.25, -0.2) is 9.82 Å². The molecule has 188 valence electrons. The zero-order valence-electron chi connectivity index (χ0n) is 20.1. The van der Waals surface area contributed by atoms with E-state index in [9.17, 15) is 14.0 Å². The molecule has 3 aromatic rings. The summed E-state index contributed by atoms with van der Waals surface area (Å²) in [6, 6.07) is 18.1. The summed E-state index contributed by atoms with van der Waals surface area (Å²) in [5.74, 6) is -0.956. The van der Waals surface area contributed by atoms with Crippen LogP contribution in [0.2, 0.25) is 0 Å². The van der Waals surface area contributed by atoms with Crippen LogP contribution in [-0.4, -0.2) is 31.2 Å². The number of carbonyl (C=O) groups is 2. The van der Waals surface area contributed by atoms with Crippen molar-refractivity contribution in [3.05, 3.63) is 92.8 Å². The molecule has 3 rings (SSSR count). The summed E-state index contributed by atoms with van der Waals surface area (Å²) in [4.78, 5) is 25.2. The van der Waals surface area contributed by atoms with Gasteiger partial charge in [-0.05, 0) is 63.9 Å². The second-order valence-electron chi connectivity index (χ2n) is 8.22. The molecule has 0 aliphatic heterocycles. The fraction of sp³-hybridized carbons (Fsp3) is 0.222.